The third-order valence-corrected chi connectivity index (χ3v) is 8.65. The first-order valence-corrected chi connectivity index (χ1v) is 16.1. The number of nitrogens with zero attached hydrogens (tertiary/aromatic N) is 2. The number of anilines is 1. The Morgan fingerprint density at radius 3 is 2.75 bits per heavy atom. The van der Waals surface area contributed by atoms with Crippen molar-refractivity contribution >= 4 is 5.82 Å². The van der Waals surface area contributed by atoms with Crippen LogP contribution >= 0.6 is 0 Å². The van der Waals surface area contributed by atoms with Gasteiger partial charge in [-0.3, -0.25) is 0 Å². The number of benzene rings is 1. The predicted octanol–water partition coefficient (Wildman–Crippen LogP) is 5.40. The van der Waals surface area contributed by atoms with Gasteiger partial charge in [0.05, 0.1) is 32.0 Å². The van der Waals surface area contributed by atoms with Gasteiger partial charge >= 0.3 is 0 Å². The minimum absolute atomic E-state index is 0.0407. The van der Waals surface area contributed by atoms with E-state index in [0.29, 0.717) is 49.8 Å². The van der Waals surface area contributed by atoms with Gasteiger partial charge in [-0.1, -0.05) is 43.9 Å². The normalized spacial score (nSPS) is 20.3. The molecule has 1 aliphatic rings. The van der Waals surface area contributed by atoms with E-state index in [9.17, 15) is 15.3 Å². The molecule has 0 amide bonds. The van der Waals surface area contributed by atoms with Crippen LogP contribution in [0.15, 0.2) is 54.9 Å². The van der Waals surface area contributed by atoms with Crippen LogP contribution in [0.1, 0.15) is 81.0 Å². The minimum atomic E-state index is -0.607. The standard InChI is InChI=1S/C36H48N3O5/c1-2-26-7-3-4-11-34(44-22-20-40)31(10-5-8-26)32(41)14-12-27-13-15-33(42)35(23-27)43-21-17-29(24-30-9-6-18-38-30)28-16-19-39-36(37)25-28/h6,9,13,15-16,18-19,23,25-26,29,31-32,34,40-42H,2-4,7,10-12,14,17,20-22,24H2,1H3,(H2,37,39)/q-1/t26-,29-,31-,32-,34+/m1/s1. The Morgan fingerprint density at radius 1 is 1.11 bits per heavy atom. The van der Waals surface area contributed by atoms with E-state index in [-0.39, 0.29) is 36.9 Å². The Bertz CT molecular complexity index is 1320. The molecule has 8 nitrogen and oxygen atoms in total. The number of hydrogen-bond donors (Lipinski definition) is 4. The maximum atomic E-state index is 11.4. The second-order valence-electron chi connectivity index (χ2n) is 11.8. The lowest BCUT2D eigenvalue weighted by molar-refractivity contribution is -0.0515. The minimum Gasteiger partial charge on any atom is -0.668 e. The summed E-state index contributed by atoms with van der Waals surface area (Å²) in [6.45, 7) is 2.80. The quantitative estimate of drug-likeness (QED) is 0.170. The molecule has 0 aliphatic heterocycles. The fourth-order valence-corrected chi connectivity index (χ4v) is 6.06. The number of aryl methyl sites for hydroxylation is 1. The molecule has 8 heteroatoms. The van der Waals surface area contributed by atoms with Crippen LogP contribution in [0.5, 0.6) is 11.5 Å². The summed E-state index contributed by atoms with van der Waals surface area (Å²) in [6, 6.07) is 13.2. The highest BCUT2D eigenvalue weighted by Crippen LogP contribution is 2.31. The van der Waals surface area contributed by atoms with Crippen molar-refractivity contribution in [2.24, 2.45) is 11.8 Å². The summed E-state index contributed by atoms with van der Waals surface area (Å²) in [5.74, 6) is 8.16. The average molecular weight is 603 g/mol. The maximum Gasteiger partial charge on any atom is 0.161 e. The summed E-state index contributed by atoms with van der Waals surface area (Å²) in [4.78, 5) is 8.56. The van der Waals surface area contributed by atoms with E-state index in [1.54, 1.807) is 18.5 Å². The average Bonchev–Trinajstić information content (AvgIpc) is 3.55. The SMILES string of the molecule is CC[C@H]1C#CC[C@H]([C@H](O)CCc2ccc(O)c(OCC[C@H](Cc3ccc[n-]3)c3ccnc(N)c3)c2)[C@@H](OCCO)CCCC1. The van der Waals surface area contributed by atoms with Gasteiger partial charge in [0.15, 0.2) is 11.5 Å². The first-order chi connectivity index (χ1) is 21.5. The van der Waals surface area contributed by atoms with Gasteiger partial charge in [-0.2, -0.15) is 11.9 Å². The van der Waals surface area contributed by atoms with Crippen molar-refractivity contribution in [3.8, 4) is 23.3 Å². The number of pyridine rings is 1. The molecule has 2 aromatic heterocycles. The summed E-state index contributed by atoms with van der Waals surface area (Å²) in [5.41, 5.74) is 9.01. The van der Waals surface area contributed by atoms with E-state index in [4.69, 9.17) is 15.2 Å². The first kappa shape index (κ1) is 33.4. The molecule has 44 heavy (non-hydrogen) atoms. The van der Waals surface area contributed by atoms with Crippen LogP contribution in [0.25, 0.3) is 0 Å². The summed E-state index contributed by atoms with van der Waals surface area (Å²) >= 11 is 0. The molecule has 4 rings (SSSR count). The molecule has 0 saturated heterocycles. The van der Waals surface area contributed by atoms with Crippen LogP contribution in [-0.4, -0.2) is 52.3 Å². The summed E-state index contributed by atoms with van der Waals surface area (Å²) in [5, 5.41) is 31.3. The molecule has 2 heterocycles. The van der Waals surface area contributed by atoms with Crippen molar-refractivity contribution < 1.29 is 24.8 Å². The zero-order chi connectivity index (χ0) is 31.1. The van der Waals surface area contributed by atoms with Gasteiger partial charge < -0.3 is 35.5 Å². The number of ether oxygens (including phenoxy) is 2. The lowest BCUT2D eigenvalue weighted by Gasteiger charge is -2.30. The van der Waals surface area contributed by atoms with E-state index in [1.165, 1.54) is 0 Å². The number of hydrogen-bond acceptors (Lipinski definition) is 7. The molecule has 0 bridgehead atoms. The molecule has 0 radical (unpaired) electrons. The molecule has 0 fully saturated rings. The zero-order valence-corrected chi connectivity index (χ0v) is 25.9. The third-order valence-electron chi connectivity index (χ3n) is 8.65. The smallest absolute Gasteiger partial charge is 0.161 e. The van der Waals surface area contributed by atoms with E-state index >= 15 is 0 Å². The van der Waals surface area contributed by atoms with Gasteiger partial charge in [0, 0.05) is 24.5 Å². The number of phenolic OH excluding ortho intramolecular Hbond substituents is 1. The first-order valence-electron chi connectivity index (χ1n) is 16.1. The predicted molar refractivity (Wildman–Crippen MR) is 172 cm³/mol. The number of aromatic hydroxyl groups is 1. The molecular weight excluding hydrogens is 554 g/mol. The Kier molecular flexibility index (Phi) is 13.4. The molecule has 3 aromatic rings. The highest BCUT2D eigenvalue weighted by Gasteiger charge is 2.29. The zero-order valence-electron chi connectivity index (χ0n) is 25.9. The molecule has 5 N–H and O–H groups in total. The number of nitrogen functional groups attached to an aromatic ring is 1. The van der Waals surface area contributed by atoms with Gasteiger partial charge in [0.2, 0.25) is 0 Å². The Morgan fingerprint density at radius 2 is 1.98 bits per heavy atom. The van der Waals surface area contributed by atoms with E-state index in [1.807, 2.05) is 36.4 Å². The lowest BCUT2D eigenvalue weighted by atomic mass is 9.85. The summed E-state index contributed by atoms with van der Waals surface area (Å²) in [7, 11) is 0. The Balaban J connectivity index is 1.38. The molecular formula is C36H48N3O5-. The van der Waals surface area contributed by atoms with Gasteiger partial charge in [-0.25, -0.2) is 4.98 Å². The molecule has 1 aromatic carbocycles. The van der Waals surface area contributed by atoms with Crippen LogP contribution in [0.3, 0.4) is 0 Å². The number of phenols is 1. The second kappa shape index (κ2) is 17.7. The fourth-order valence-electron chi connectivity index (χ4n) is 6.06. The van der Waals surface area contributed by atoms with Gasteiger partial charge in [-0.15, -0.1) is 5.92 Å². The van der Waals surface area contributed by atoms with E-state index in [2.05, 4.69) is 28.7 Å². The third kappa shape index (κ3) is 10.3. The largest absolute Gasteiger partial charge is 0.668 e. The van der Waals surface area contributed by atoms with Crippen LogP contribution < -0.4 is 15.5 Å². The molecule has 0 saturated carbocycles. The van der Waals surface area contributed by atoms with Gasteiger partial charge in [-0.05, 0) is 86.3 Å². The van der Waals surface area contributed by atoms with Crippen molar-refractivity contribution in [1.29, 1.82) is 0 Å². The van der Waals surface area contributed by atoms with Crippen molar-refractivity contribution in [3.05, 3.63) is 71.7 Å². The molecule has 0 spiro atoms. The molecule has 0 unspecified atom stereocenters. The topological polar surface area (TPSA) is 132 Å². The van der Waals surface area contributed by atoms with E-state index in [0.717, 1.165) is 55.3 Å². The number of aromatic nitrogens is 2. The summed E-state index contributed by atoms with van der Waals surface area (Å²) in [6.07, 6.45) is 11.0. The van der Waals surface area contributed by atoms with Crippen molar-refractivity contribution in [2.75, 3.05) is 25.6 Å². The highest BCUT2D eigenvalue weighted by atomic mass is 16.5. The molecule has 5 atom stereocenters. The van der Waals surface area contributed by atoms with Crippen LogP contribution in [0.2, 0.25) is 0 Å². The monoisotopic (exact) mass is 602 g/mol. The lowest BCUT2D eigenvalue weighted by Crippen LogP contribution is -2.35. The Hall–Kier alpha value is -3.51. The number of nitrogens with two attached hydrogens (primary N) is 1. The van der Waals surface area contributed by atoms with Crippen molar-refractivity contribution in [1.82, 2.24) is 9.97 Å². The Labute approximate surface area is 262 Å². The maximum absolute atomic E-state index is 11.4. The van der Waals surface area contributed by atoms with Crippen LogP contribution in [0, 0.1) is 23.7 Å². The number of aliphatic hydroxyl groups excluding tert-OH is 2. The van der Waals surface area contributed by atoms with E-state index < -0.39 is 6.10 Å². The van der Waals surface area contributed by atoms with Gasteiger partial charge in [0.1, 0.15) is 5.82 Å². The van der Waals surface area contributed by atoms with Crippen molar-refractivity contribution in [2.45, 2.75) is 89.3 Å². The van der Waals surface area contributed by atoms with Crippen LogP contribution in [-0.2, 0) is 17.6 Å². The molecule has 238 valence electrons. The highest BCUT2D eigenvalue weighted by molar-refractivity contribution is 5.42. The number of rotatable bonds is 15. The number of aliphatic hydroxyl groups is 2. The van der Waals surface area contributed by atoms with Crippen LogP contribution in [0.4, 0.5) is 5.82 Å². The molecule has 1 aliphatic carbocycles. The van der Waals surface area contributed by atoms with Gasteiger partial charge in [0.25, 0.3) is 0 Å². The van der Waals surface area contributed by atoms with Crippen molar-refractivity contribution in [3.63, 3.8) is 0 Å². The fraction of sp³-hybridized carbons (Fsp3) is 0.528. The summed E-state index contributed by atoms with van der Waals surface area (Å²) < 4.78 is 12.1. The second-order valence-corrected chi connectivity index (χ2v) is 11.8.